The minimum atomic E-state index is 0.161. The highest BCUT2D eigenvalue weighted by Gasteiger charge is 2.19. The molecule has 0 atom stereocenters. The highest BCUT2D eigenvalue weighted by molar-refractivity contribution is 7.17. The van der Waals surface area contributed by atoms with Gasteiger partial charge in [-0.1, -0.05) is 23.7 Å². The van der Waals surface area contributed by atoms with Gasteiger partial charge in [-0.2, -0.15) is 0 Å². The van der Waals surface area contributed by atoms with Crippen LogP contribution < -0.4 is 10.5 Å². The average molecular weight is 425 g/mol. The number of hydrogen-bond acceptors (Lipinski definition) is 6. The standard InChI is InChI=1S/C22H24N4OS2/c27-22-18-5-1-2-6-20(18)29-26(22)11-4-3-10-24-12-14-25(15-13-24)21-17-8-16-28-19(17)7-9-23-21/h1-2,5-9,16H,3-4,10-15H2. The smallest absolute Gasteiger partial charge is 0.268 e. The van der Waals surface area contributed by atoms with Crippen LogP contribution in [-0.4, -0.2) is 46.6 Å². The monoisotopic (exact) mass is 424 g/mol. The van der Waals surface area contributed by atoms with Gasteiger partial charge in [-0.3, -0.25) is 13.7 Å². The fourth-order valence-electron chi connectivity index (χ4n) is 4.07. The quantitative estimate of drug-likeness (QED) is 0.433. The molecule has 5 rings (SSSR count). The van der Waals surface area contributed by atoms with Crippen molar-refractivity contribution in [2.45, 2.75) is 19.4 Å². The van der Waals surface area contributed by atoms with Crippen molar-refractivity contribution in [3.05, 3.63) is 58.3 Å². The SMILES string of the molecule is O=c1c2ccccc2sn1CCCCN1CCN(c2nccc3sccc23)CC1. The number of anilines is 1. The van der Waals surface area contributed by atoms with Gasteiger partial charge in [0.05, 0.1) is 10.1 Å². The van der Waals surface area contributed by atoms with Crippen molar-refractivity contribution in [3.8, 4) is 0 Å². The summed E-state index contributed by atoms with van der Waals surface area (Å²) in [5.41, 5.74) is 0.161. The first-order chi connectivity index (χ1) is 14.3. The van der Waals surface area contributed by atoms with E-state index < -0.39 is 0 Å². The van der Waals surface area contributed by atoms with Crippen LogP contribution in [0.1, 0.15) is 12.8 Å². The number of fused-ring (bicyclic) bond motifs is 2. The van der Waals surface area contributed by atoms with Crippen molar-refractivity contribution in [1.82, 2.24) is 13.8 Å². The highest BCUT2D eigenvalue weighted by Crippen LogP contribution is 2.29. The van der Waals surface area contributed by atoms with Gasteiger partial charge in [-0.15, -0.1) is 11.3 Å². The lowest BCUT2D eigenvalue weighted by Gasteiger charge is -2.35. The summed E-state index contributed by atoms with van der Waals surface area (Å²) in [5, 5.41) is 4.27. The minimum Gasteiger partial charge on any atom is -0.354 e. The van der Waals surface area contributed by atoms with E-state index in [4.69, 9.17) is 0 Å². The summed E-state index contributed by atoms with van der Waals surface area (Å²) in [4.78, 5) is 22.0. The van der Waals surface area contributed by atoms with Crippen molar-refractivity contribution in [2.75, 3.05) is 37.6 Å². The van der Waals surface area contributed by atoms with Gasteiger partial charge >= 0.3 is 0 Å². The molecule has 1 aromatic carbocycles. The van der Waals surface area contributed by atoms with Gasteiger partial charge in [0.2, 0.25) is 0 Å². The predicted octanol–water partition coefficient (Wildman–Crippen LogP) is 4.28. The van der Waals surface area contributed by atoms with Crippen LogP contribution in [0.5, 0.6) is 0 Å². The second-order valence-corrected chi connectivity index (χ2v) is 9.51. The molecule has 0 aliphatic carbocycles. The van der Waals surface area contributed by atoms with Crippen LogP contribution in [0, 0.1) is 0 Å². The molecule has 0 spiro atoms. The molecule has 0 bridgehead atoms. The molecule has 0 saturated carbocycles. The van der Waals surface area contributed by atoms with Crippen LogP contribution in [-0.2, 0) is 6.54 Å². The molecule has 29 heavy (non-hydrogen) atoms. The molecule has 1 saturated heterocycles. The Morgan fingerprint density at radius 1 is 0.897 bits per heavy atom. The number of nitrogens with zero attached hydrogens (tertiary/aromatic N) is 4. The van der Waals surface area contributed by atoms with Crippen LogP contribution >= 0.6 is 22.9 Å². The largest absolute Gasteiger partial charge is 0.354 e. The Morgan fingerprint density at radius 2 is 1.72 bits per heavy atom. The third-order valence-corrected chi connectivity index (χ3v) is 7.67. The third kappa shape index (κ3) is 3.82. The molecule has 0 radical (unpaired) electrons. The van der Waals surface area contributed by atoms with Crippen molar-refractivity contribution < 1.29 is 0 Å². The number of aromatic nitrogens is 2. The van der Waals surface area contributed by atoms with Crippen LogP contribution in [0.25, 0.3) is 20.2 Å². The normalized spacial score (nSPS) is 15.5. The van der Waals surface area contributed by atoms with E-state index in [1.807, 2.05) is 34.4 Å². The van der Waals surface area contributed by atoms with E-state index in [9.17, 15) is 4.79 Å². The molecule has 5 nitrogen and oxygen atoms in total. The molecule has 1 aliphatic heterocycles. The maximum atomic E-state index is 12.4. The average Bonchev–Trinajstić information content (AvgIpc) is 3.37. The van der Waals surface area contributed by atoms with Gasteiger partial charge in [-0.25, -0.2) is 4.98 Å². The first-order valence-electron chi connectivity index (χ1n) is 10.2. The van der Waals surface area contributed by atoms with Crippen molar-refractivity contribution in [2.24, 2.45) is 0 Å². The number of piperazine rings is 1. The first kappa shape index (κ1) is 18.8. The zero-order chi connectivity index (χ0) is 19.6. The lowest BCUT2D eigenvalue weighted by Crippen LogP contribution is -2.47. The fraction of sp³-hybridized carbons (Fsp3) is 0.364. The molecule has 4 aromatic rings. The highest BCUT2D eigenvalue weighted by atomic mass is 32.1. The molecule has 0 amide bonds. The van der Waals surface area contributed by atoms with E-state index in [-0.39, 0.29) is 5.56 Å². The van der Waals surface area contributed by atoms with Crippen LogP contribution in [0.2, 0.25) is 0 Å². The van der Waals surface area contributed by atoms with Gasteiger partial charge in [0.15, 0.2) is 0 Å². The fourth-order valence-corrected chi connectivity index (χ4v) is 5.88. The zero-order valence-corrected chi connectivity index (χ0v) is 17.9. The summed E-state index contributed by atoms with van der Waals surface area (Å²) in [6, 6.07) is 12.2. The first-order valence-corrected chi connectivity index (χ1v) is 11.8. The number of unbranched alkanes of at least 4 members (excludes halogenated alkanes) is 1. The summed E-state index contributed by atoms with van der Waals surface area (Å²) in [5.74, 6) is 1.13. The molecule has 3 aromatic heterocycles. The van der Waals surface area contributed by atoms with Crippen LogP contribution in [0.15, 0.2) is 52.8 Å². The molecule has 1 aliphatic rings. The molecule has 0 unspecified atom stereocenters. The van der Waals surface area contributed by atoms with Gasteiger partial charge < -0.3 is 4.90 Å². The molecular weight excluding hydrogens is 400 g/mol. The number of benzene rings is 1. The summed E-state index contributed by atoms with van der Waals surface area (Å²) in [7, 11) is 0. The lowest BCUT2D eigenvalue weighted by molar-refractivity contribution is 0.251. The Labute approximate surface area is 178 Å². The van der Waals surface area contributed by atoms with Gasteiger partial charge in [0.25, 0.3) is 5.56 Å². The minimum absolute atomic E-state index is 0.161. The van der Waals surface area contributed by atoms with E-state index in [2.05, 4.69) is 32.3 Å². The Kier molecular flexibility index (Phi) is 5.35. The molecular formula is C22H24N4OS2. The van der Waals surface area contributed by atoms with E-state index in [0.29, 0.717) is 0 Å². The summed E-state index contributed by atoms with van der Waals surface area (Å²) < 4.78 is 4.31. The second-order valence-electron chi connectivity index (χ2n) is 7.50. The number of hydrogen-bond donors (Lipinski definition) is 0. The van der Waals surface area contributed by atoms with E-state index in [0.717, 1.165) is 68.0 Å². The third-order valence-electron chi connectivity index (χ3n) is 5.67. The lowest BCUT2D eigenvalue weighted by atomic mass is 10.2. The maximum absolute atomic E-state index is 12.4. The van der Waals surface area contributed by atoms with Crippen molar-refractivity contribution in [3.63, 3.8) is 0 Å². The molecule has 150 valence electrons. The van der Waals surface area contributed by atoms with Crippen molar-refractivity contribution >= 4 is 48.9 Å². The second kappa shape index (κ2) is 8.26. The van der Waals surface area contributed by atoms with E-state index in [1.165, 1.54) is 10.1 Å². The van der Waals surface area contributed by atoms with E-state index >= 15 is 0 Å². The topological polar surface area (TPSA) is 41.4 Å². The predicted molar refractivity (Wildman–Crippen MR) is 124 cm³/mol. The van der Waals surface area contributed by atoms with Crippen LogP contribution in [0.3, 0.4) is 0 Å². The van der Waals surface area contributed by atoms with Crippen LogP contribution in [0.4, 0.5) is 5.82 Å². The Balaban J connectivity index is 1.11. The number of aryl methyl sites for hydroxylation is 1. The van der Waals surface area contributed by atoms with Crippen molar-refractivity contribution in [1.29, 1.82) is 0 Å². The Hall–Kier alpha value is -2.22. The number of pyridine rings is 1. The molecule has 7 heteroatoms. The molecule has 1 fully saturated rings. The van der Waals surface area contributed by atoms with Gasteiger partial charge in [0.1, 0.15) is 5.82 Å². The molecule has 4 heterocycles. The van der Waals surface area contributed by atoms with Gasteiger partial charge in [0, 0.05) is 49.0 Å². The molecule has 0 N–H and O–H groups in total. The maximum Gasteiger partial charge on any atom is 0.268 e. The number of thiophene rings is 1. The summed E-state index contributed by atoms with van der Waals surface area (Å²) in [6.45, 7) is 6.12. The van der Waals surface area contributed by atoms with Gasteiger partial charge in [-0.05, 0) is 49.0 Å². The number of rotatable bonds is 6. The zero-order valence-electron chi connectivity index (χ0n) is 16.3. The summed E-state index contributed by atoms with van der Waals surface area (Å²) >= 11 is 3.37. The summed E-state index contributed by atoms with van der Waals surface area (Å²) in [6.07, 6.45) is 4.10. The van der Waals surface area contributed by atoms with E-state index in [1.54, 1.807) is 22.9 Å². The Bertz CT molecular complexity index is 1170. The Morgan fingerprint density at radius 3 is 2.59 bits per heavy atom.